The van der Waals surface area contributed by atoms with Gasteiger partial charge < -0.3 is 15.5 Å². The lowest BCUT2D eigenvalue weighted by atomic mass is 10.2. The van der Waals surface area contributed by atoms with E-state index in [1.54, 1.807) is 10.3 Å². The monoisotopic (exact) mass is 402 g/mol. The number of hydrogen-bond acceptors (Lipinski definition) is 5. The zero-order valence-electron chi connectivity index (χ0n) is 16.9. The van der Waals surface area contributed by atoms with Gasteiger partial charge in [0.05, 0.1) is 0 Å². The van der Waals surface area contributed by atoms with Gasteiger partial charge in [0, 0.05) is 24.5 Å². The summed E-state index contributed by atoms with van der Waals surface area (Å²) in [5, 5.41) is 8.66. The van der Waals surface area contributed by atoms with Crippen LogP contribution in [0.3, 0.4) is 0 Å². The molecule has 0 fully saturated rings. The number of carbonyl (C=O) groups excluding carboxylic acids is 2. The molecular weight excluding hydrogens is 372 g/mol. The molecule has 2 amide bonds. The molecule has 2 N–H and O–H groups in total. The molecule has 1 atom stereocenters. The maximum atomic E-state index is 13.0. The van der Waals surface area contributed by atoms with Crippen molar-refractivity contribution in [1.82, 2.24) is 15.2 Å². The molecule has 0 aliphatic rings. The molecule has 1 aromatic carbocycles. The van der Waals surface area contributed by atoms with E-state index in [9.17, 15) is 9.59 Å². The predicted molar refractivity (Wildman–Crippen MR) is 115 cm³/mol. The maximum Gasteiger partial charge on any atom is 0.274 e. The maximum absolute atomic E-state index is 13.0. The van der Waals surface area contributed by atoms with Crippen LogP contribution in [0.5, 0.6) is 0 Å². The van der Waals surface area contributed by atoms with E-state index in [4.69, 9.17) is 0 Å². The minimum atomic E-state index is -0.233. The first-order chi connectivity index (χ1) is 13.5. The SMILES string of the molecule is CCCCNc1nc(C(=O)N(CC(=O)NC(C)CC)Cc2ccccc2)cs1. The van der Waals surface area contributed by atoms with Crippen LogP contribution in [-0.2, 0) is 11.3 Å². The molecule has 0 aliphatic carbocycles. The molecule has 152 valence electrons. The minimum Gasteiger partial charge on any atom is -0.362 e. The van der Waals surface area contributed by atoms with Gasteiger partial charge in [0.25, 0.3) is 5.91 Å². The lowest BCUT2D eigenvalue weighted by Crippen LogP contribution is -2.43. The van der Waals surface area contributed by atoms with E-state index in [-0.39, 0.29) is 24.4 Å². The van der Waals surface area contributed by atoms with Crippen molar-refractivity contribution in [2.24, 2.45) is 0 Å². The number of hydrogen-bond donors (Lipinski definition) is 2. The van der Waals surface area contributed by atoms with E-state index in [0.717, 1.165) is 36.5 Å². The number of carbonyl (C=O) groups is 2. The van der Waals surface area contributed by atoms with E-state index < -0.39 is 0 Å². The molecule has 2 rings (SSSR count). The van der Waals surface area contributed by atoms with Gasteiger partial charge in [-0.15, -0.1) is 11.3 Å². The van der Waals surface area contributed by atoms with Crippen LogP contribution in [0.15, 0.2) is 35.7 Å². The molecule has 0 spiro atoms. The summed E-state index contributed by atoms with van der Waals surface area (Å²) in [4.78, 5) is 31.4. The van der Waals surface area contributed by atoms with Gasteiger partial charge in [-0.1, -0.05) is 50.6 Å². The molecule has 1 heterocycles. The van der Waals surface area contributed by atoms with Gasteiger partial charge in [0.15, 0.2) is 5.13 Å². The van der Waals surface area contributed by atoms with Crippen LogP contribution in [-0.4, -0.2) is 40.8 Å². The van der Waals surface area contributed by atoms with Crippen LogP contribution >= 0.6 is 11.3 Å². The fourth-order valence-corrected chi connectivity index (χ4v) is 3.30. The third-order valence-electron chi connectivity index (χ3n) is 4.39. The molecule has 1 aromatic heterocycles. The molecule has 6 nitrogen and oxygen atoms in total. The minimum absolute atomic E-state index is 0.00813. The Kier molecular flexibility index (Phi) is 8.94. The van der Waals surface area contributed by atoms with E-state index in [0.29, 0.717) is 12.2 Å². The number of anilines is 1. The Labute approximate surface area is 171 Å². The highest BCUT2D eigenvalue weighted by atomic mass is 32.1. The highest BCUT2D eigenvalue weighted by Crippen LogP contribution is 2.18. The number of aromatic nitrogens is 1. The number of rotatable bonds is 11. The zero-order valence-corrected chi connectivity index (χ0v) is 17.7. The van der Waals surface area contributed by atoms with E-state index in [1.807, 2.05) is 44.2 Å². The van der Waals surface area contributed by atoms with Crippen molar-refractivity contribution in [3.8, 4) is 0 Å². The summed E-state index contributed by atoms with van der Waals surface area (Å²) < 4.78 is 0. The Morgan fingerprint density at radius 3 is 2.64 bits per heavy atom. The van der Waals surface area contributed by atoms with Gasteiger partial charge in [-0.05, 0) is 25.3 Å². The first kappa shape index (κ1) is 21.9. The van der Waals surface area contributed by atoms with Crippen molar-refractivity contribution in [3.05, 3.63) is 47.0 Å². The van der Waals surface area contributed by atoms with Crippen molar-refractivity contribution < 1.29 is 9.59 Å². The van der Waals surface area contributed by atoms with Crippen LogP contribution in [0, 0.1) is 0 Å². The van der Waals surface area contributed by atoms with Gasteiger partial charge in [0.1, 0.15) is 12.2 Å². The normalized spacial score (nSPS) is 11.7. The number of nitrogens with zero attached hydrogens (tertiary/aromatic N) is 2. The average molecular weight is 403 g/mol. The first-order valence-corrected chi connectivity index (χ1v) is 10.7. The topological polar surface area (TPSA) is 74.3 Å². The fraction of sp³-hybridized carbons (Fsp3) is 0.476. The third-order valence-corrected chi connectivity index (χ3v) is 5.19. The summed E-state index contributed by atoms with van der Waals surface area (Å²) in [7, 11) is 0. The average Bonchev–Trinajstić information content (AvgIpc) is 3.16. The molecule has 1 unspecified atom stereocenters. The second-order valence-electron chi connectivity index (χ2n) is 6.84. The predicted octanol–water partition coefficient (Wildman–Crippen LogP) is 3.91. The number of benzene rings is 1. The second kappa shape index (κ2) is 11.4. The van der Waals surface area contributed by atoms with Gasteiger partial charge >= 0.3 is 0 Å². The fourth-order valence-electron chi connectivity index (χ4n) is 2.59. The van der Waals surface area contributed by atoms with E-state index >= 15 is 0 Å². The van der Waals surface area contributed by atoms with Crippen molar-refractivity contribution >= 4 is 28.3 Å². The summed E-state index contributed by atoms with van der Waals surface area (Å²) in [6, 6.07) is 9.76. The Balaban J connectivity index is 2.10. The van der Waals surface area contributed by atoms with Gasteiger partial charge in [0.2, 0.25) is 5.91 Å². The molecular formula is C21H30N4O2S. The lowest BCUT2D eigenvalue weighted by molar-refractivity contribution is -0.122. The highest BCUT2D eigenvalue weighted by molar-refractivity contribution is 7.13. The van der Waals surface area contributed by atoms with Crippen LogP contribution < -0.4 is 10.6 Å². The van der Waals surface area contributed by atoms with Crippen molar-refractivity contribution in [3.63, 3.8) is 0 Å². The smallest absolute Gasteiger partial charge is 0.274 e. The van der Waals surface area contributed by atoms with Gasteiger partial charge in [-0.2, -0.15) is 0 Å². The standard InChI is InChI=1S/C21H30N4O2S/c1-4-6-12-22-21-24-18(15-28-21)20(27)25(13-17-10-8-7-9-11-17)14-19(26)23-16(3)5-2/h7-11,15-16H,4-6,12-14H2,1-3H3,(H,22,24)(H,23,26). The Morgan fingerprint density at radius 1 is 1.21 bits per heavy atom. The Morgan fingerprint density at radius 2 is 1.96 bits per heavy atom. The number of thiazole rings is 1. The summed E-state index contributed by atoms with van der Waals surface area (Å²) in [5.41, 5.74) is 1.35. The molecule has 0 saturated carbocycles. The van der Waals surface area contributed by atoms with Crippen LogP contribution in [0.1, 0.15) is 56.1 Å². The highest BCUT2D eigenvalue weighted by Gasteiger charge is 2.22. The van der Waals surface area contributed by atoms with Crippen molar-refractivity contribution in [2.75, 3.05) is 18.4 Å². The molecule has 0 aliphatic heterocycles. The quantitative estimate of drug-likeness (QED) is 0.559. The van der Waals surface area contributed by atoms with E-state index in [1.165, 1.54) is 11.3 Å². The molecule has 7 heteroatoms. The third kappa shape index (κ3) is 6.96. The largest absolute Gasteiger partial charge is 0.362 e. The molecule has 2 aromatic rings. The van der Waals surface area contributed by atoms with Crippen molar-refractivity contribution in [1.29, 1.82) is 0 Å². The molecule has 0 radical (unpaired) electrons. The molecule has 0 bridgehead atoms. The summed E-state index contributed by atoms with van der Waals surface area (Å²) in [6.07, 6.45) is 3.00. The summed E-state index contributed by atoms with van der Waals surface area (Å²) >= 11 is 1.41. The molecule has 0 saturated heterocycles. The zero-order chi connectivity index (χ0) is 20.4. The van der Waals surface area contributed by atoms with E-state index in [2.05, 4.69) is 22.5 Å². The van der Waals surface area contributed by atoms with Crippen LogP contribution in [0.2, 0.25) is 0 Å². The van der Waals surface area contributed by atoms with Crippen LogP contribution in [0.4, 0.5) is 5.13 Å². The van der Waals surface area contributed by atoms with Crippen LogP contribution in [0.25, 0.3) is 0 Å². The summed E-state index contributed by atoms with van der Waals surface area (Å²) in [5.74, 6) is -0.391. The number of nitrogens with one attached hydrogen (secondary N) is 2. The Bertz CT molecular complexity index is 748. The number of amides is 2. The first-order valence-electron chi connectivity index (χ1n) is 9.85. The number of unbranched alkanes of at least 4 members (excludes halogenated alkanes) is 1. The summed E-state index contributed by atoms with van der Waals surface area (Å²) in [6.45, 7) is 7.31. The Hall–Kier alpha value is -2.41. The second-order valence-corrected chi connectivity index (χ2v) is 7.70. The van der Waals surface area contributed by atoms with Gasteiger partial charge in [-0.3, -0.25) is 9.59 Å². The molecule has 28 heavy (non-hydrogen) atoms. The van der Waals surface area contributed by atoms with Crippen molar-refractivity contribution in [2.45, 2.75) is 52.6 Å². The van der Waals surface area contributed by atoms with Gasteiger partial charge in [-0.25, -0.2) is 4.98 Å². The lowest BCUT2D eigenvalue weighted by Gasteiger charge is -2.22.